The van der Waals surface area contributed by atoms with Gasteiger partial charge in [0.25, 0.3) is 0 Å². The number of rotatable bonds is 5. The second-order valence-corrected chi connectivity index (χ2v) is 3.96. The number of nitrogens with zero attached hydrogens (tertiary/aromatic N) is 1. The van der Waals surface area contributed by atoms with E-state index < -0.39 is 0 Å². The Morgan fingerprint density at radius 1 is 1.50 bits per heavy atom. The molecule has 0 saturated heterocycles. The molecular weight excluding hydrogens is 232 g/mol. The summed E-state index contributed by atoms with van der Waals surface area (Å²) in [5, 5.41) is 14.5. The van der Waals surface area contributed by atoms with Gasteiger partial charge in [-0.3, -0.25) is 4.79 Å². The van der Waals surface area contributed by atoms with Crippen LogP contribution in [0.5, 0.6) is 5.75 Å². The number of carbonyl (C=O) groups is 1. The van der Waals surface area contributed by atoms with Crippen LogP contribution in [0.3, 0.4) is 0 Å². The van der Waals surface area contributed by atoms with E-state index in [0.717, 1.165) is 11.1 Å². The molecule has 0 unspecified atom stereocenters. The Kier molecular flexibility index (Phi) is 5.17. The number of benzene rings is 1. The van der Waals surface area contributed by atoms with Gasteiger partial charge in [-0.15, -0.1) is 0 Å². The van der Waals surface area contributed by atoms with Crippen LogP contribution in [0.15, 0.2) is 23.4 Å². The van der Waals surface area contributed by atoms with Crippen molar-refractivity contribution in [2.75, 3.05) is 13.7 Å². The monoisotopic (exact) mass is 250 g/mol. The van der Waals surface area contributed by atoms with E-state index in [4.69, 9.17) is 9.94 Å². The van der Waals surface area contributed by atoms with Crippen molar-refractivity contribution in [3.63, 3.8) is 0 Å². The van der Waals surface area contributed by atoms with Crippen LogP contribution in [0.1, 0.15) is 24.5 Å². The standard InChI is InChI=1S/C13H18N2O3/c1-9-4-5-12(11(8-9)10(2)15-17)18-7-6-13(16)14-3/h4-5,8,17H,6-7H2,1-3H3,(H,14,16). The lowest BCUT2D eigenvalue weighted by atomic mass is 10.1. The van der Waals surface area contributed by atoms with Gasteiger partial charge in [-0.05, 0) is 26.0 Å². The third-order valence-electron chi connectivity index (χ3n) is 2.54. The molecule has 1 aromatic carbocycles. The largest absolute Gasteiger partial charge is 0.492 e. The second kappa shape index (κ2) is 6.64. The van der Waals surface area contributed by atoms with E-state index in [9.17, 15) is 4.79 Å². The summed E-state index contributed by atoms with van der Waals surface area (Å²) in [5.41, 5.74) is 2.26. The van der Waals surface area contributed by atoms with Crippen molar-refractivity contribution in [3.8, 4) is 5.75 Å². The molecule has 0 aliphatic rings. The minimum absolute atomic E-state index is 0.0730. The molecule has 0 aromatic heterocycles. The van der Waals surface area contributed by atoms with E-state index in [-0.39, 0.29) is 12.5 Å². The number of aryl methyl sites for hydroxylation is 1. The molecule has 5 nitrogen and oxygen atoms in total. The minimum atomic E-state index is -0.0730. The molecule has 5 heteroatoms. The maximum Gasteiger partial charge on any atom is 0.223 e. The summed E-state index contributed by atoms with van der Waals surface area (Å²) in [6.07, 6.45) is 0.291. The van der Waals surface area contributed by atoms with Gasteiger partial charge in [-0.25, -0.2) is 0 Å². The summed E-state index contributed by atoms with van der Waals surface area (Å²) in [7, 11) is 1.59. The van der Waals surface area contributed by atoms with Crippen LogP contribution in [0, 0.1) is 6.92 Å². The van der Waals surface area contributed by atoms with E-state index in [2.05, 4.69) is 10.5 Å². The van der Waals surface area contributed by atoms with Crippen molar-refractivity contribution < 1.29 is 14.7 Å². The highest BCUT2D eigenvalue weighted by Gasteiger charge is 2.08. The van der Waals surface area contributed by atoms with Crippen molar-refractivity contribution in [3.05, 3.63) is 29.3 Å². The lowest BCUT2D eigenvalue weighted by Gasteiger charge is -2.11. The number of ether oxygens (including phenoxy) is 1. The Morgan fingerprint density at radius 3 is 2.83 bits per heavy atom. The average Bonchev–Trinajstić information content (AvgIpc) is 2.39. The van der Waals surface area contributed by atoms with Crippen molar-refractivity contribution >= 4 is 11.6 Å². The van der Waals surface area contributed by atoms with E-state index in [1.807, 2.05) is 25.1 Å². The molecule has 98 valence electrons. The van der Waals surface area contributed by atoms with Crippen LogP contribution in [0.4, 0.5) is 0 Å². The molecule has 2 N–H and O–H groups in total. The Balaban J connectivity index is 2.79. The normalized spacial score (nSPS) is 11.2. The zero-order valence-corrected chi connectivity index (χ0v) is 10.9. The maximum absolute atomic E-state index is 11.1. The number of nitrogens with one attached hydrogen (secondary N) is 1. The van der Waals surface area contributed by atoms with Gasteiger partial charge in [-0.2, -0.15) is 0 Å². The maximum atomic E-state index is 11.1. The highest BCUT2D eigenvalue weighted by Crippen LogP contribution is 2.21. The Morgan fingerprint density at radius 2 is 2.22 bits per heavy atom. The molecule has 0 radical (unpaired) electrons. The van der Waals surface area contributed by atoms with Crippen LogP contribution in [-0.4, -0.2) is 30.5 Å². The fourth-order valence-corrected chi connectivity index (χ4v) is 1.48. The fourth-order valence-electron chi connectivity index (χ4n) is 1.48. The number of hydrogen-bond donors (Lipinski definition) is 2. The van der Waals surface area contributed by atoms with Crippen molar-refractivity contribution in [1.82, 2.24) is 5.32 Å². The molecule has 0 bridgehead atoms. The number of oxime groups is 1. The third kappa shape index (κ3) is 3.76. The number of hydrogen-bond acceptors (Lipinski definition) is 4. The number of amides is 1. The van der Waals surface area contributed by atoms with Crippen LogP contribution in [0.25, 0.3) is 0 Å². The Bertz CT molecular complexity index is 456. The van der Waals surface area contributed by atoms with Crippen LogP contribution in [-0.2, 0) is 4.79 Å². The molecule has 0 aliphatic heterocycles. The summed E-state index contributed by atoms with van der Waals surface area (Å²) < 4.78 is 5.53. The minimum Gasteiger partial charge on any atom is -0.492 e. The zero-order valence-electron chi connectivity index (χ0n) is 10.9. The Labute approximate surface area is 106 Å². The lowest BCUT2D eigenvalue weighted by molar-refractivity contribution is -0.121. The van der Waals surface area contributed by atoms with Gasteiger partial charge in [0.2, 0.25) is 5.91 Å². The Hall–Kier alpha value is -2.04. The predicted octanol–water partition coefficient (Wildman–Crippen LogP) is 1.71. The molecule has 0 atom stereocenters. The van der Waals surface area contributed by atoms with Crippen molar-refractivity contribution in [2.24, 2.45) is 5.16 Å². The van der Waals surface area contributed by atoms with Crippen molar-refractivity contribution in [1.29, 1.82) is 0 Å². The molecule has 0 spiro atoms. The van der Waals surface area contributed by atoms with E-state index in [0.29, 0.717) is 17.9 Å². The first-order chi connectivity index (χ1) is 8.58. The molecule has 18 heavy (non-hydrogen) atoms. The smallest absolute Gasteiger partial charge is 0.223 e. The van der Waals surface area contributed by atoms with Gasteiger partial charge in [0.1, 0.15) is 5.75 Å². The SMILES string of the molecule is CNC(=O)CCOc1ccc(C)cc1C(C)=NO. The highest BCUT2D eigenvalue weighted by molar-refractivity contribution is 6.00. The summed E-state index contributed by atoms with van der Waals surface area (Å²) in [4.78, 5) is 11.1. The summed E-state index contributed by atoms with van der Waals surface area (Å²) in [6, 6.07) is 5.59. The molecule has 0 fully saturated rings. The number of carbonyl (C=O) groups excluding carboxylic acids is 1. The van der Waals surface area contributed by atoms with Gasteiger partial charge in [-0.1, -0.05) is 16.8 Å². The van der Waals surface area contributed by atoms with E-state index >= 15 is 0 Å². The van der Waals surface area contributed by atoms with Gasteiger partial charge in [0, 0.05) is 12.6 Å². The predicted molar refractivity (Wildman–Crippen MR) is 69.4 cm³/mol. The second-order valence-electron chi connectivity index (χ2n) is 3.96. The van der Waals surface area contributed by atoms with Gasteiger partial charge in [0.15, 0.2) is 0 Å². The zero-order chi connectivity index (χ0) is 13.5. The van der Waals surface area contributed by atoms with Crippen molar-refractivity contribution in [2.45, 2.75) is 20.3 Å². The quantitative estimate of drug-likeness (QED) is 0.475. The molecular formula is C13H18N2O3. The molecule has 0 saturated carbocycles. The van der Waals surface area contributed by atoms with E-state index in [1.54, 1.807) is 14.0 Å². The molecule has 0 aliphatic carbocycles. The first-order valence-corrected chi connectivity index (χ1v) is 5.71. The van der Waals surface area contributed by atoms with Crippen LogP contribution >= 0.6 is 0 Å². The topological polar surface area (TPSA) is 70.9 Å². The fraction of sp³-hybridized carbons (Fsp3) is 0.385. The highest BCUT2D eigenvalue weighted by atomic mass is 16.5. The summed E-state index contributed by atoms with van der Waals surface area (Å²) in [5.74, 6) is 0.538. The molecule has 1 aromatic rings. The average molecular weight is 250 g/mol. The molecule has 1 rings (SSSR count). The van der Waals surface area contributed by atoms with Crippen LogP contribution < -0.4 is 10.1 Å². The lowest BCUT2D eigenvalue weighted by Crippen LogP contribution is -2.20. The van der Waals surface area contributed by atoms with Gasteiger partial charge < -0.3 is 15.3 Å². The molecule has 1 amide bonds. The molecule has 0 heterocycles. The first kappa shape index (κ1) is 14.0. The van der Waals surface area contributed by atoms with Gasteiger partial charge >= 0.3 is 0 Å². The third-order valence-corrected chi connectivity index (χ3v) is 2.54. The van der Waals surface area contributed by atoms with Crippen LogP contribution in [0.2, 0.25) is 0 Å². The first-order valence-electron chi connectivity index (χ1n) is 5.71. The van der Waals surface area contributed by atoms with Gasteiger partial charge in [0.05, 0.1) is 18.7 Å². The summed E-state index contributed by atoms with van der Waals surface area (Å²) in [6.45, 7) is 3.93. The summed E-state index contributed by atoms with van der Waals surface area (Å²) >= 11 is 0. The van der Waals surface area contributed by atoms with E-state index in [1.165, 1.54) is 0 Å².